The van der Waals surface area contributed by atoms with Crippen molar-refractivity contribution < 1.29 is 38.5 Å². The van der Waals surface area contributed by atoms with Crippen LogP contribution in [0.4, 0.5) is 0 Å². The number of methoxy groups -OCH3 is 1. The second-order valence-electron chi connectivity index (χ2n) is 16.9. The van der Waals surface area contributed by atoms with Crippen molar-refractivity contribution in [3.8, 4) is 0 Å². The van der Waals surface area contributed by atoms with Gasteiger partial charge in [-0.1, -0.05) is 93.0 Å². The predicted octanol–water partition coefficient (Wildman–Crippen LogP) is 5.36. The number of fused-ring (bicyclic) bond motifs is 1. The van der Waals surface area contributed by atoms with Gasteiger partial charge in [0, 0.05) is 30.4 Å². The Morgan fingerprint density at radius 3 is 2.36 bits per heavy atom. The normalized spacial score (nSPS) is 26.9. The van der Waals surface area contributed by atoms with Gasteiger partial charge < -0.3 is 34.4 Å². The Morgan fingerprint density at radius 2 is 1.81 bits per heavy atom. The molecule has 3 aliphatic rings. The Balaban J connectivity index is 1.81. The molecule has 294 valence electrons. The third-order valence-corrected chi connectivity index (χ3v) is 11.7. The Labute approximate surface area is 324 Å². The Hall–Kier alpha value is -3.06. The molecule has 12 heteroatoms. The van der Waals surface area contributed by atoms with Crippen LogP contribution in [0.2, 0.25) is 0 Å². The van der Waals surface area contributed by atoms with E-state index in [0.29, 0.717) is 24.8 Å². The first kappa shape index (κ1) is 42.7. The van der Waals surface area contributed by atoms with Gasteiger partial charge in [0.1, 0.15) is 17.7 Å². The van der Waals surface area contributed by atoms with Crippen molar-refractivity contribution in [1.29, 1.82) is 0 Å². The van der Waals surface area contributed by atoms with Crippen molar-refractivity contribution in [1.82, 2.24) is 15.1 Å². The quantitative estimate of drug-likeness (QED) is 0.115. The van der Waals surface area contributed by atoms with Crippen LogP contribution in [-0.2, 0) is 33.4 Å². The molecular formula is C41H60BrN3O8. The summed E-state index contributed by atoms with van der Waals surface area (Å²) in [5.74, 6) is -4.00. The molecule has 3 aliphatic heterocycles. The standard InChI is InChI=1S/C41H60BrN3O8/c1-11-13-19-30(47)43-28(23-51-10)33(26-17-15-14-16-18-26)52-38(50)31-32-36(48)45(29(22-46)25(3)4)35(41(32)21-27(42)34(31)53-41)37(49)44(20-12-2)40(8,9)24-39(5,6)7/h11-12,14-18,25,27-29,31-35,46H,1-2,13,19-24H2,3-10H3,(H,43,47)/t27?,28-,29+,31-,32+,33-,34-,35-,41+/m1/s1. The molecule has 1 spiro atoms. The van der Waals surface area contributed by atoms with Crippen LogP contribution >= 0.6 is 15.9 Å². The number of benzene rings is 1. The fourth-order valence-corrected chi connectivity index (χ4v) is 9.97. The smallest absolute Gasteiger partial charge is 0.313 e. The van der Waals surface area contributed by atoms with Crippen LogP contribution in [0.5, 0.6) is 0 Å². The first-order valence-electron chi connectivity index (χ1n) is 18.7. The maximum Gasteiger partial charge on any atom is 0.313 e. The molecule has 0 radical (unpaired) electrons. The summed E-state index contributed by atoms with van der Waals surface area (Å²) in [5.41, 5.74) is -1.50. The number of hydrogen-bond acceptors (Lipinski definition) is 8. The number of ether oxygens (including phenoxy) is 3. The van der Waals surface area contributed by atoms with Crippen molar-refractivity contribution in [3.05, 3.63) is 61.2 Å². The van der Waals surface area contributed by atoms with E-state index in [-0.39, 0.29) is 54.2 Å². The number of hydrogen-bond donors (Lipinski definition) is 2. The van der Waals surface area contributed by atoms with E-state index in [2.05, 4.69) is 55.2 Å². The van der Waals surface area contributed by atoms with E-state index < -0.39 is 65.2 Å². The molecule has 1 unspecified atom stereocenters. The molecule has 3 saturated heterocycles. The van der Waals surface area contributed by atoms with Crippen LogP contribution in [0, 0.1) is 23.2 Å². The fourth-order valence-electron chi connectivity index (χ4n) is 9.02. The maximum atomic E-state index is 15.2. The number of esters is 1. The van der Waals surface area contributed by atoms with Crippen LogP contribution in [0.15, 0.2) is 55.6 Å². The van der Waals surface area contributed by atoms with E-state index >= 15 is 4.79 Å². The minimum atomic E-state index is -1.37. The molecule has 3 fully saturated rings. The topological polar surface area (TPSA) is 135 Å². The number of carbonyl (C=O) groups excluding carboxylic acids is 4. The lowest BCUT2D eigenvalue weighted by Crippen LogP contribution is -2.63. The average Bonchev–Trinajstić information content (AvgIpc) is 3.67. The summed E-state index contributed by atoms with van der Waals surface area (Å²) in [7, 11) is 1.50. The summed E-state index contributed by atoms with van der Waals surface area (Å²) in [6.07, 6.45) is 3.24. The van der Waals surface area contributed by atoms with Crippen molar-refractivity contribution in [2.75, 3.05) is 26.9 Å². The SMILES string of the molecule is C=CCCC(=O)N[C@H](COC)[C@H](OC(=O)[C@H]1[C@@H]2O[C@@]3(CC2Br)[C@@H]1C(=O)N([C@@H](CO)C(C)C)[C@@H]3C(=O)N(CC=C)C(C)(C)CC(C)(C)C)c1ccccc1. The van der Waals surface area contributed by atoms with Gasteiger partial charge in [0.05, 0.1) is 43.2 Å². The molecule has 2 N–H and O–H groups in total. The third kappa shape index (κ3) is 8.76. The molecule has 2 bridgehead atoms. The number of aliphatic hydroxyl groups excluding tert-OH is 1. The van der Waals surface area contributed by atoms with Crippen molar-refractivity contribution in [2.45, 2.75) is 120 Å². The molecule has 0 saturated carbocycles. The van der Waals surface area contributed by atoms with E-state index in [1.807, 2.05) is 58.0 Å². The predicted molar refractivity (Wildman–Crippen MR) is 207 cm³/mol. The molecule has 0 aliphatic carbocycles. The number of rotatable bonds is 18. The van der Waals surface area contributed by atoms with E-state index in [9.17, 15) is 19.5 Å². The highest BCUT2D eigenvalue weighted by atomic mass is 79.9. The fraction of sp³-hybridized carbons (Fsp3) is 0.659. The van der Waals surface area contributed by atoms with Gasteiger partial charge in [-0.05, 0) is 50.0 Å². The van der Waals surface area contributed by atoms with Crippen LogP contribution in [0.3, 0.4) is 0 Å². The summed E-state index contributed by atoms with van der Waals surface area (Å²) in [6, 6.07) is 6.51. The molecule has 0 aromatic heterocycles. The van der Waals surface area contributed by atoms with Gasteiger partial charge in [0.15, 0.2) is 0 Å². The van der Waals surface area contributed by atoms with Crippen LogP contribution in [-0.4, -0.2) is 106 Å². The Kier molecular flexibility index (Phi) is 13.8. The second-order valence-corrected chi connectivity index (χ2v) is 18.1. The number of alkyl halides is 1. The van der Waals surface area contributed by atoms with Gasteiger partial charge in [-0.3, -0.25) is 19.2 Å². The van der Waals surface area contributed by atoms with Gasteiger partial charge >= 0.3 is 5.97 Å². The van der Waals surface area contributed by atoms with Crippen molar-refractivity contribution in [3.63, 3.8) is 0 Å². The Morgan fingerprint density at radius 1 is 1.15 bits per heavy atom. The number of aliphatic hydroxyl groups is 1. The molecule has 1 aromatic rings. The van der Waals surface area contributed by atoms with Crippen LogP contribution in [0.1, 0.15) is 85.8 Å². The largest absolute Gasteiger partial charge is 0.455 e. The van der Waals surface area contributed by atoms with E-state index in [1.54, 1.807) is 17.1 Å². The molecule has 53 heavy (non-hydrogen) atoms. The van der Waals surface area contributed by atoms with Gasteiger partial charge in [0.2, 0.25) is 17.7 Å². The van der Waals surface area contributed by atoms with Crippen molar-refractivity contribution in [2.24, 2.45) is 23.2 Å². The van der Waals surface area contributed by atoms with Crippen LogP contribution in [0.25, 0.3) is 0 Å². The third-order valence-electron chi connectivity index (χ3n) is 10.8. The zero-order valence-electron chi connectivity index (χ0n) is 32.7. The molecule has 9 atom stereocenters. The van der Waals surface area contributed by atoms with Crippen molar-refractivity contribution >= 4 is 39.6 Å². The molecule has 3 amide bonds. The number of likely N-dealkylation sites (tertiary alicyclic amines) is 1. The molecule has 11 nitrogen and oxygen atoms in total. The van der Waals surface area contributed by atoms with Gasteiger partial charge in [-0.25, -0.2) is 0 Å². The molecule has 4 rings (SSSR count). The number of halogens is 1. The number of allylic oxidation sites excluding steroid dienone is 1. The minimum Gasteiger partial charge on any atom is -0.455 e. The second kappa shape index (κ2) is 17.2. The van der Waals surface area contributed by atoms with E-state index in [4.69, 9.17) is 14.2 Å². The van der Waals surface area contributed by atoms with Gasteiger partial charge in [0.25, 0.3) is 0 Å². The maximum absolute atomic E-state index is 15.2. The lowest BCUT2D eigenvalue weighted by Gasteiger charge is -2.47. The number of amides is 3. The first-order valence-corrected chi connectivity index (χ1v) is 19.6. The number of nitrogens with zero attached hydrogens (tertiary/aromatic N) is 2. The molecule has 3 heterocycles. The molecular weight excluding hydrogens is 742 g/mol. The highest BCUT2D eigenvalue weighted by Crippen LogP contribution is 2.61. The summed E-state index contributed by atoms with van der Waals surface area (Å²) in [4.78, 5) is 60.7. The average molecular weight is 803 g/mol. The summed E-state index contributed by atoms with van der Waals surface area (Å²) < 4.78 is 18.7. The monoisotopic (exact) mass is 801 g/mol. The minimum absolute atomic E-state index is 0.0467. The zero-order valence-corrected chi connectivity index (χ0v) is 34.3. The van der Waals surface area contributed by atoms with E-state index in [0.717, 1.165) is 0 Å². The molecule has 1 aromatic carbocycles. The highest BCUT2D eigenvalue weighted by molar-refractivity contribution is 9.09. The number of nitrogens with one attached hydrogen (secondary N) is 1. The van der Waals surface area contributed by atoms with E-state index in [1.165, 1.54) is 12.0 Å². The lowest BCUT2D eigenvalue weighted by molar-refractivity contribution is -0.164. The Bertz CT molecular complexity index is 1500. The lowest BCUT2D eigenvalue weighted by atomic mass is 9.70. The summed E-state index contributed by atoms with van der Waals surface area (Å²) in [5, 5.41) is 13.7. The van der Waals surface area contributed by atoms with Gasteiger partial charge in [-0.15, -0.1) is 13.2 Å². The van der Waals surface area contributed by atoms with Crippen LogP contribution < -0.4 is 5.32 Å². The number of carbonyl (C=O) groups is 4. The summed E-state index contributed by atoms with van der Waals surface area (Å²) in [6.45, 7) is 21.7. The first-order chi connectivity index (χ1) is 24.9. The zero-order chi connectivity index (χ0) is 39.5. The summed E-state index contributed by atoms with van der Waals surface area (Å²) >= 11 is 3.77. The highest BCUT2D eigenvalue weighted by Gasteiger charge is 2.78. The van der Waals surface area contributed by atoms with Gasteiger partial charge in [-0.2, -0.15) is 0 Å².